The Morgan fingerprint density at radius 2 is 1.59 bits per heavy atom. The Morgan fingerprint density at radius 3 is 2.16 bits per heavy atom. The zero-order valence-corrected chi connectivity index (χ0v) is 29.5. The van der Waals surface area contributed by atoms with Gasteiger partial charge in [0, 0.05) is 72.8 Å². The summed E-state index contributed by atoms with van der Waals surface area (Å²) < 4.78 is 27.6. The van der Waals surface area contributed by atoms with E-state index in [0.717, 1.165) is 13.8 Å². The molecular weight excluding hydrogens is 668 g/mol. The van der Waals surface area contributed by atoms with Crippen LogP contribution in [-0.4, -0.2) is 110 Å². The molecule has 1 aromatic carbocycles. The predicted molar refractivity (Wildman–Crippen MR) is 173 cm³/mol. The average molecular weight is 707 g/mol. The van der Waals surface area contributed by atoms with Gasteiger partial charge in [0.1, 0.15) is 11.8 Å². The molecule has 5 atom stereocenters. The molecule has 0 aromatic heterocycles. The highest BCUT2D eigenvalue weighted by molar-refractivity contribution is 6.35. The summed E-state index contributed by atoms with van der Waals surface area (Å²) in [5.41, 5.74) is 1.40. The summed E-state index contributed by atoms with van der Waals surface area (Å²) in [6, 6.07) is -1.91. The number of amides is 1. The highest BCUT2D eigenvalue weighted by Gasteiger charge is 2.58. The van der Waals surface area contributed by atoms with E-state index in [9.17, 15) is 38.8 Å². The summed E-state index contributed by atoms with van der Waals surface area (Å²) in [7, 11) is 4.37. The monoisotopic (exact) mass is 706 g/mol. The van der Waals surface area contributed by atoms with Crippen LogP contribution in [0.5, 0.6) is 17.2 Å². The van der Waals surface area contributed by atoms with Crippen LogP contribution in [0.4, 0.5) is 0 Å². The summed E-state index contributed by atoms with van der Waals surface area (Å²) in [6.07, 6.45) is 0.0179. The molecule has 1 saturated heterocycles. The van der Waals surface area contributed by atoms with Crippen molar-refractivity contribution in [3.8, 4) is 23.3 Å². The quantitative estimate of drug-likeness (QED) is 0.162. The fourth-order valence-corrected chi connectivity index (χ4v) is 7.82. The number of ketones is 3. The lowest BCUT2D eigenvalue weighted by Crippen LogP contribution is -2.71. The number of nitriles is 1. The molecule has 1 fully saturated rings. The third-order valence-electron chi connectivity index (χ3n) is 9.84. The Bertz CT molecular complexity index is 1890. The van der Waals surface area contributed by atoms with Crippen molar-refractivity contribution < 1.29 is 57.2 Å². The number of allylic oxidation sites excluding steroid dienone is 2. The fraction of sp³-hybridized carbons (Fsp3) is 0.486. The lowest BCUT2D eigenvalue weighted by molar-refractivity contribution is -0.152. The van der Waals surface area contributed by atoms with Crippen LogP contribution in [0.2, 0.25) is 0 Å². The van der Waals surface area contributed by atoms with E-state index in [4.69, 9.17) is 23.7 Å². The summed E-state index contributed by atoms with van der Waals surface area (Å²) in [6.45, 7) is 5.51. The molecule has 16 heteroatoms. The minimum atomic E-state index is -1.07. The van der Waals surface area contributed by atoms with Crippen LogP contribution in [0.1, 0.15) is 56.8 Å². The average Bonchev–Trinajstić information content (AvgIpc) is 3.07. The Balaban J connectivity index is 1.79. The number of methoxy groups -OCH3 is 2. The van der Waals surface area contributed by atoms with Gasteiger partial charge in [0.25, 0.3) is 5.91 Å². The summed E-state index contributed by atoms with van der Waals surface area (Å²) in [4.78, 5) is 93.2. The van der Waals surface area contributed by atoms with Crippen LogP contribution in [-0.2, 0) is 49.5 Å². The first-order valence-electron chi connectivity index (χ1n) is 16.1. The third kappa shape index (κ3) is 6.16. The van der Waals surface area contributed by atoms with Gasteiger partial charge in [-0.3, -0.25) is 38.6 Å². The summed E-state index contributed by atoms with van der Waals surface area (Å²) in [5.74, 6) is -5.04. The molecule has 0 radical (unpaired) electrons. The Labute approximate surface area is 293 Å². The number of benzene rings is 1. The Kier molecular flexibility index (Phi) is 10.2. The molecule has 3 aliphatic heterocycles. The molecular formula is C35H38N4O12. The summed E-state index contributed by atoms with van der Waals surface area (Å²) in [5, 5.41) is 13.4. The van der Waals surface area contributed by atoms with E-state index < -0.39 is 78.0 Å². The molecule has 0 unspecified atom stereocenters. The number of hydrogen-bond acceptors (Lipinski definition) is 15. The molecule has 1 aliphatic carbocycles. The van der Waals surface area contributed by atoms with Gasteiger partial charge in [0.15, 0.2) is 29.6 Å². The van der Waals surface area contributed by atoms with Gasteiger partial charge in [-0.2, -0.15) is 5.26 Å². The van der Waals surface area contributed by atoms with Crippen molar-refractivity contribution in [2.75, 3.05) is 34.4 Å². The molecule has 1 amide bonds. The van der Waals surface area contributed by atoms with Gasteiger partial charge in [0.05, 0.1) is 32.4 Å². The lowest BCUT2D eigenvalue weighted by Gasteiger charge is -2.60. The van der Waals surface area contributed by atoms with Gasteiger partial charge in [-0.15, -0.1) is 0 Å². The summed E-state index contributed by atoms with van der Waals surface area (Å²) >= 11 is 0. The van der Waals surface area contributed by atoms with Crippen LogP contribution < -0.4 is 19.5 Å². The van der Waals surface area contributed by atoms with Crippen LogP contribution in [0.25, 0.3) is 0 Å². The second-order valence-corrected chi connectivity index (χ2v) is 12.7. The number of esters is 3. The highest BCUT2D eigenvalue weighted by Crippen LogP contribution is 2.56. The minimum absolute atomic E-state index is 0.0424. The number of carbonyl (C=O) groups excluding carboxylic acids is 7. The van der Waals surface area contributed by atoms with Crippen molar-refractivity contribution in [1.29, 1.82) is 5.26 Å². The maximum Gasteiger partial charge on any atom is 0.349 e. The number of likely N-dealkylation sites (N-methyl/N-ethyl adjacent to an activating group) is 1. The molecule has 51 heavy (non-hydrogen) atoms. The fourth-order valence-electron chi connectivity index (χ4n) is 7.82. The van der Waals surface area contributed by atoms with Crippen LogP contribution >= 0.6 is 0 Å². The van der Waals surface area contributed by atoms with E-state index in [1.54, 1.807) is 18.9 Å². The molecule has 4 aliphatic rings. The van der Waals surface area contributed by atoms with Gasteiger partial charge in [-0.05, 0) is 33.7 Å². The van der Waals surface area contributed by atoms with Crippen LogP contribution in [0.15, 0.2) is 22.5 Å². The first-order valence-corrected chi connectivity index (χ1v) is 16.1. The maximum absolute atomic E-state index is 14.0. The van der Waals surface area contributed by atoms with Crippen molar-refractivity contribution in [3.05, 3.63) is 39.2 Å². The third-order valence-corrected chi connectivity index (χ3v) is 9.84. The molecule has 0 spiro atoms. The van der Waals surface area contributed by atoms with Crippen molar-refractivity contribution in [2.24, 2.45) is 0 Å². The topological polar surface area (TPSA) is 208 Å². The molecule has 5 rings (SSSR count). The van der Waals surface area contributed by atoms with Gasteiger partial charge in [-0.25, -0.2) is 4.79 Å². The SMILES string of the molecule is COC1=C(C)C(=O)C2=C(C1=O)[C@H](CNC(=O)C(C)=O)N1[C@@H](C#N)[C@@H]3Cc4c(OC(C)=O)c(C)c(OC)c(OC(=O)COC(C)=O)c4[C@@H]([C@@H]1C2)N3C. The van der Waals surface area contributed by atoms with Crippen molar-refractivity contribution in [2.45, 2.75) is 77.7 Å². The normalized spacial score (nSPS) is 24.0. The predicted octanol–water partition coefficient (Wildman–Crippen LogP) is 0.718. The van der Waals surface area contributed by atoms with E-state index in [-0.39, 0.29) is 59.1 Å². The van der Waals surface area contributed by atoms with Crippen LogP contribution in [0.3, 0.4) is 0 Å². The number of fused-ring (bicyclic) bond motifs is 6. The zero-order chi connectivity index (χ0) is 37.6. The zero-order valence-electron chi connectivity index (χ0n) is 29.5. The van der Waals surface area contributed by atoms with Gasteiger partial charge in [-0.1, -0.05) is 0 Å². The maximum atomic E-state index is 14.0. The van der Waals surface area contributed by atoms with E-state index >= 15 is 0 Å². The first-order chi connectivity index (χ1) is 24.1. The second kappa shape index (κ2) is 14.1. The molecule has 1 N–H and O–H groups in total. The number of piperazine rings is 1. The molecule has 3 heterocycles. The van der Waals surface area contributed by atoms with E-state index in [1.165, 1.54) is 28.1 Å². The highest BCUT2D eigenvalue weighted by atomic mass is 16.6. The van der Waals surface area contributed by atoms with Crippen molar-refractivity contribution in [3.63, 3.8) is 0 Å². The molecule has 270 valence electrons. The largest absolute Gasteiger partial charge is 0.492 e. The van der Waals surface area contributed by atoms with E-state index in [0.29, 0.717) is 16.7 Å². The van der Waals surface area contributed by atoms with Gasteiger partial charge < -0.3 is 29.0 Å². The number of nitrogens with one attached hydrogen (secondary N) is 1. The van der Waals surface area contributed by atoms with Gasteiger partial charge in [0.2, 0.25) is 11.6 Å². The number of hydrogen-bond donors (Lipinski definition) is 1. The van der Waals surface area contributed by atoms with Crippen LogP contribution in [0, 0.1) is 18.3 Å². The Hall–Kier alpha value is -5.40. The molecule has 16 nitrogen and oxygen atoms in total. The number of carbonyl (C=O) groups is 7. The lowest BCUT2D eigenvalue weighted by atomic mass is 9.69. The standard InChI is InChI=1S/C35H38N4O12/c1-14-29(44)19-9-22-28-27-20(31(50-18(5)42)15(2)33(48-8)34(27)51-25(43)13-49-17(4)41)10-21(38(28)6)23(11-36)39(22)24(12-37-35(46)16(3)40)26(19)30(45)32(14)47-7/h21-24,28H,9-10,12-13H2,1-8H3,(H,37,46)/t21-,22-,23-,24-,28+/m0/s1. The second-order valence-electron chi connectivity index (χ2n) is 12.7. The minimum Gasteiger partial charge on any atom is -0.492 e. The Morgan fingerprint density at radius 1 is 0.902 bits per heavy atom. The molecule has 2 bridgehead atoms. The van der Waals surface area contributed by atoms with Crippen molar-refractivity contribution in [1.82, 2.24) is 15.1 Å². The van der Waals surface area contributed by atoms with Crippen molar-refractivity contribution >= 4 is 41.2 Å². The van der Waals surface area contributed by atoms with E-state index in [2.05, 4.69) is 11.4 Å². The first kappa shape index (κ1) is 36.9. The number of ether oxygens (including phenoxy) is 5. The van der Waals surface area contributed by atoms with Gasteiger partial charge >= 0.3 is 17.9 Å². The molecule has 0 saturated carbocycles. The van der Waals surface area contributed by atoms with E-state index in [1.807, 2.05) is 4.90 Å². The number of nitrogens with zero attached hydrogens (tertiary/aromatic N) is 3. The smallest absolute Gasteiger partial charge is 0.349 e. The number of rotatable bonds is 9. The molecule has 1 aromatic rings. The number of Topliss-reactive ketones (excluding diaryl/α,β-unsaturated/α-hetero) is 3.